The van der Waals surface area contributed by atoms with Crippen LogP contribution in [-0.2, 0) is 4.74 Å². The molecule has 57 valence electrons. The summed E-state index contributed by atoms with van der Waals surface area (Å²) in [6.45, 7) is 0. The van der Waals surface area contributed by atoms with Crippen LogP contribution in [0.2, 0.25) is 5.02 Å². The molecule has 0 fully saturated rings. The molecule has 2 nitrogen and oxygen atoms in total. The molecule has 0 atom stereocenters. The zero-order valence-electron chi connectivity index (χ0n) is 5.71. The lowest BCUT2D eigenvalue weighted by atomic mass is 10.2. The molecule has 11 heavy (non-hydrogen) atoms. The molecule has 0 aromatic heterocycles. The molecule has 0 saturated heterocycles. The van der Waals surface area contributed by atoms with Crippen molar-refractivity contribution in [3.05, 3.63) is 42.0 Å². The highest BCUT2D eigenvalue weighted by atomic mass is 35.5. The second-order valence-corrected chi connectivity index (χ2v) is 2.32. The molecular weight excluding hydrogens is 164 g/mol. The van der Waals surface area contributed by atoms with Crippen molar-refractivity contribution < 1.29 is 9.53 Å². The Hall–Kier alpha value is -1.02. The van der Waals surface area contributed by atoms with E-state index in [-0.39, 0.29) is 0 Å². The summed E-state index contributed by atoms with van der Waals surface area (Å²) in [6, 6.07) is 6.64. The first-order valence-corrected chi connectivity index (χ1v) is 3.34. The van der Waals surface area contributed by atoms with E-state index < -0.39 is 5.97 Å². The van der Waals surface area contributed by atoms with Gasteiger partial charge in [-0.3, -0.25) is 0 Å². The highest BCUT2D eigenvalue weighted by Crippen LogP contribution is 2.15. The van der Waals surface area contributed by atoms with Crippen LogP contribution in [0.15, 0.2) is 24.3 Å². The first-order chi connectivity index (χ1) is 5.25. The Morgan fingerprint density at radius 2 is 2.09 bits per heavy atom. The van der Waals surface area contributed by atoms with Crippen molar-refractivity contribution in [2.75, 3.05) is 0 Å². The maximum Gasteiger partial charge on any atom is 0.339 e. The molecule has 0 aliphatic rings. The van der Waals surface area contributed by atoms with E-state index in [1.54, 1.807) is 24.3 Å². The average molecular weight is 170 g/mol. The number of esters is 1. The topological polar surface area (TPSA) is 26.3 Å². The third-order valence-corrected chi connectivity index (χ3v) is 1.55. The summed E-state index contributed by atoms with van der Waals surface area (Å²) in [5.41, 5.74) is 0.337. The first-order valence-electron chi connectivity index (χ1n) is 2.96. The molecule has 0 amide bonds. The standard InChI is InChI=1S/C8H6ClO2/c1-11-8(10)6-4-2-3-5-7(6)9/h2-5H,1H2. The highest BCUT2D eigenvalue weighted by Gasteiger charge is 2.07. The van der Waals surface area contributed by atoms with E-state index in [2.05, 4.69) is 11.8 Å². The van der Waals surface area contributed by atoms with Crippen molar-refractivity contribution in [2.24, 2.45) is 0 Å². The van der Waals surface area contributed by atoms with Gasteiger partial charge in [-0.2, -0.15) is 0 Å². The second-order valence-electron chi connectivity index (χ2n) is 1.91. The molecule has 0 aliphatic heterocycles. The van der Waals surface area contributed by atoms with Crippen LogP contribution in [0.5, 0.6) is 0 Å². The van der Waals surface area contributed by atoms with E-state index in [4.69, 9.17) is 11.6 Å². The monoisotopic (exact) mass is 169 g/mol. The molecule has 1 aromatic rings. The molecule has 1 aromatic carbocycles. The van der Waals surface area contributed by atoms with E-state index in [1.165, 1.54) is 0 Å². The summed E-state index contributed by atoms with van der Waals surface area (Å²) in [4.78, 5) is 10.9. The van der Waals surface area contributed by atoms with Crippen LogP contribution in [0.1, 0.15) is 10.4 Å². The van der Waals surface area contributed by atoms with E-state index in [9.17, 15) is 4.79 Å². The van der Waals surface area contributed by atoms with Crippen molar-refractivity contribution in [1.29, 1.82) is 0 Å². The largest absolute Gasteiger partial charge is 0.458 e. The van der Waals surface area contributed by atoms with Gasteiger partial charge in [0.05, 0.1) is 10.6 Å². The third kappa shape index (κ3) is 1.71. The number of hydrogen-bond donors (Lipinski definition) is 0. The molecular formula is C8H6ClO2. The predicted octanol–water partition coefficient (Wildman–Crippen LogP) is 2.29. The summed E-state index contributed by atoms with van der Waals surface area (Å²) < 4.78 is 4.24. The van der Waals surface area contributed by atoms with Crippen LogP contribution in [0.3, 0.4) is 0 Å². The van der Waals surface area contributed by atoms with Crippen LogP contribution in [-0.4, -0.2) is 5.97 Å². The van der Waals surface area contributed by atoms with Crippen molar-refractivity contribution in [2.45, 2.75) is 0 Å². The lowest BCUT2D eigenvalue weighted by Gasteiger charge is -1.99. The summed E-state index contributed by atoms with van der Waals surface area (Å²) in [5.74, 6) is -0.518. The molecule has 0 unspecified atom stereocenters. The number of halogens is 1. The van der Waals surface area contributed by atoms with Crippen LogP contribution in [0.25, 0.3) is 0 Å². The molecule has 0 aliphatic carbocycles. The van der Waals surface area contributed by atoms with Gasteiger partial charge in [0.15, 0.2) is 0 Å². The number of ether oxygens (including phenoxy) is 1. The fraction of sp³-hybridized carbons (Fsp3) is 0. The molecule has 1 rings (SSSR count). The Labute approximate surface area is 69.7 Å². The van der Waals surface area contributed by atoms with Gasteiger partial charge in [-0.25, -0.2) is 4.79 Å². The molecule has 0 saturated carbocycles. The Balaban J connectivity index is 3.03. The lowest BCUT2D eigenvalue weighted by molar-refractivity contribution is 0.0654. The molecule has 0 bridgehead atoms. The molecule has 0 heterocycles. The van der Waals surface area contributed by atoms with Crippen molar-refractivity contribution in [1.82, 2.24) is 0 Å². The minimum Gasteiger partial charge on any atom is -0.458 e. The Kier molecular flexibility index (Phi) is 2.49. The van der Waals surface area contributed by atoms with Crippen molar-refractivity contribution >= 4 is 17.6 Å². The van der Waals surface area contributed by atoms with E-state index in [0.717, 1.165) is 0 Å². The predicted molar refractivity (Wildman–Crippen MR) is 42.2 cm³/mol. The second kappa shape index (κ2) is 3.39. The molecule has 0 N–H and O–H groups in total. The number of rotatable bonds is 1. The number of carbonyl (C=O) groups excluding carboxylic acids is 1. The highest BCUT2D eigenvalue weighted by molar-refractivity contribution is 6.33. The van der Waals surface area contributed by atoms with Gasteiger partial charge in [0, 0.05) is 0 Å². The summed E-state index contributed by atoms with van der Waals surface area (Å²) in [5, 5.41) is 0.376. The maximum atomic E-state index is 10.9. The maximum absolute atomic E-state index is 10.9. The van der Waals surface area contributed by atoms with Crippen LogP contribution in [0.4, 0.5) is 0 Å². The summed E-state index contributed by atoms with van der Waals surface area (Å²) in [6.07, 6.45) is 0. The van der Waals surface area contributed by atoms with Gasteiger partial charge in [0.25, 0.3) is 0 Å². The Morgan fingerprint density at radius 1 is 1.45 bits per heavy atom. The smallest absolute Gasteiger partial charge is 0.339 e. The zero-order chi connectivity index (χ0) is 8.27. The SMILES string of the molecule is [CH2]OC(=O)c1ccccc1Cl. The molecule has 3 heteroatoms. The van der Waals surface area contributed by atoms with Gasteiger partial charge < -0.3 is 4.74 Å². The molecule has 0 spiro atoms. The summed E-state index contributed by atoms with van der Waals surface area (Å²) in [7, 11) is 2.99. The van der Waals surface area contributed by atoms with Crippen LogP contribution >= 0.6 is 11.6 Å². The normalized spacial score (nSPS) is 9.27. The van der Waals surface area contributed by atoms with Crippen LogP contribution < -0.4 is 0 Å². The minimum absolute atomic E-state index is 0.337. The minimum atomic E-state index is -0.518. The van der Waals surface area contributed by atoms with Gasteiger partial charge in [0.2, 0.25) is 0 Å². The first kappa shape index (κ1) is 8.08. The van der Waals surface area contributed by atoms with Gasteiger partial charge in [-0.15, -0.1) is 0 Å². The van der Waals surface area contributed by atoms with E-state index in [0.29, 0.717) is 10.6 Å². The van der Waals surface area contributed by atoms with E-state index in [1.807, 2.05) is 0 Å². The summed E-state index contributed by atoms with van der Waals surface area (Å²) >= 11 is 5.67. The van der Waals surface area contributed by atoms with Crippen molar-refractivity contribution in [3.63, 3.8) is 0 Å². The van der Waals surface area contributed by atoms with Gasteiger partial charge in [-0.05, 0) is 12.1 Å². The number of benzene rings is 1. The fourth-order valence-electron chi connectivity index (χ4n) is 0.705. The zero-order valence-corrected chi connectivity index (χ0v) is 6.47. The lowest BCUT2D eigenvalue weighted by Crippen LogP contribution is -1.99. The quantitative estimate of drug-likeness (QED) is 0.603. The molecule has 1 radical (unpaired) electrons. The van der Waals surface area contributed by atoms with E-state index >= 15 is 0 Å². The Bertz CT molecular complexity index is 271. The third-order valence-electron chi connectivity index (χ3n) is 1.22. The Morgan fingerprint density at radius 3 is 2.64 bits per heavy atom. The van der Waals surface area contributed by atoms with Gasteiger partial charge in [0.1, 0.15) is 7.11 Å². The van der Waals surface area contributed by atoms with Gasteiger partial charge in [-0.1, -0.05) is 23.7 Å². The van der Waals surface area contributed by atoms with Crippen molar-refractivity contribution in [3.8, 4) is 0 Å². The fourth-order valence-corrected chi connectivity index (χ4v) is 0.917. The van der Waals surface area contributed by atoms with Gasteiger partial charge >= 0.3 is 5.97 Å². The number of hydrogen-bond acceptors (Lipinski definition) is 2. The average Bonchev–Trinajstić information content (AvgIpc) is 2.04. The number of carbonyl (C=O) groups is 1. The van der Waals surface area contributed by atoms with Crippen LogP contribution in [0, 0.1) is 7.11 Å².